The van der Waals surface area contributed by atoms with E-state index >= 15 is 0 Å². The van der Waals surface area contributed by atoms with Gasteiger partial charge < -0.3 is 15.0 Å². The van der Waals surface area contributed by atoms with Crippen LogP contribution in [-0.4, -0.2) is 51.3 Å². The van der Waals surface area contributed by atoms with E-state index in [4.69, 9.17) is 4.74 Å². The number of halogens is 1. The molecule has 1 aliphatic heterocycles. The number of imidazole rings is 1. The van der Waals surface area contributed by atoms with Crippen molar-refractivity contribution in [1.82, 2.24) is 19.5 Å². The molecule has 0 spiro atoms. The average molecular weight is 528 g/mol. The van der Waals surface area contributed by atoms with Crippen molar-refractivity contribution >= 4 is 23.0 Å². The number of benzene rings is 2. The maximum atomic E-state index is 13.8. The van der Waals surface area contributed by atoms with Gasteiger partial charge in [0.25, 0.3) is 0 Å². The highest BCUT2D eigenvalue weighted by molar-refractivity contribution is 5.98. The smallest absolute Gasteiger partial charge is 0.239 e. The fourth-order valence-corrected chi connectivity index (χ4v) is 5.15. The fraction of sp³-hybridized carbons (Fsp3) is 0.333. The topological polar surface area (TPSA) is 88.8 Å². The number of aromatic nitrogens is 3. The maximum absolute atomic E-state index is 13.8. The quantitative estimate of drug-likeness (QED) is 0.289. The van der Waals surface area contributed by atoms with Crippen LogP contribution in [0.2, 0.25) is 0 Å². The number of carbonyl (C=O) groups excluding carboxylic acids is 2. The second-order valence-corrected chi connectivity index (χ2v) is 10.7. The summed E-state index contributed by atoms with van der Waals surface area (Å²) in [5.74, 6) is 1.21. The zero-order valence-electron chi connectivity index (χ0n) is 22.0. The van der Waals surface area contributed by atoms with Gasteiger partial charge in [-0.15, -0.1) is 5.10 Å². The molecule has 0 bridgehead atoms. The van der Waals surface area contributed by atoms with Crippen LogP contribution in [0.25, 0.3) is 16.9 Å². The monoisotopic (exact) mass is 527 g/mol. The summed E-state index contributed by atoms with van der Waals surface area (Å²) in [7, 11) is 1.81. The number of rotatable bonds is 9. The van der Waals surface area contributed by atoms with Crippen molar-refractivity contribution in [1.29, 1.82) is 0 Å². The normalized spacial score (nSPS) is 17.2. The van der Waals surface area contributed by atoms with Crippen LogP contribution < -0.4 is 10.1 Å². The van der Waals surface area contributed by atoms with Gasteiger partial charge in [-0.05, 0) is 49.4 Å². The predicted molar refractivity (Wildman–Crippen MR) is 146 cm³/mol. The van der Waals surface area contributed by atoms with Crippen LogP contribution in [0.3, 0.4) is 0 Å². The number of likely N-dealkylation sites (tertiary alicyclic amines) is 1. The van der Waals surface area contributed by atoms with Gasteiger partial charge in [0.05, 0.1) is 17.6 Å². The Bertz CT molecular complexity index is 1580. The number of amides is 1. The minimum Gasteiger partial charge on any atom is -0.437 e. The van der Waals surface area contributed by atoms with Gasteiger partial charge in [0.1, 0.15) is 11.6 Å². The third-order valence-corrected chi connectivity index (χ3v) is 7.46. The lowest BCUT2D eigenvalue weighted by Crippen LogP contribution is -2.21. The maximum Gasteiger partial charge on any atom is 0.239 e. The lowest BCUT2D eigenvalue weighted by atomic mass is 9.98. The summed E-state index contributed by atoms with van der Waals surface area (Å²) in [5.41, 5.74) is 4.55. The van der Waals surface area contributed by atoms with E-state index in [1.165, 1.54) is 12.1 Å². The lowest BCUT2D eigenvalue weighted by Gasteiger charge is -2.15. The highest BCUT2D eigenvalue weighted by atomic mass is 19.1. The zero-order chi connectivity index (χ0) is 27.1. The molecule has 6 rings (SSSR count). The first kappa shape index (κ1) is 25.0. The summed E-state index contributed by atoms with van der Waals surface area (Å²) in [5, 5.41) is 8.11. The number of ether oxygens (including phenoxy) is 1. The molecule has 1 aliphatic carbocycles. The van der Waals surface area contributed by atoms with Crippen LogP contribution in [0.15, 0.2) is 54.7 Å². The van der Waals surface area contributed by atoms with Crippen molar-refractivity contribution in [2.75, 3.05) is 25.5 Å². The van der Waals surface area contributed by atoms with Crippen molar-refractivity contribution in [2.24, 2.45) is 11.8 Å². The standard InChI is InChI=1S/C30H30FN5O3/c1-18-10-21(8-9-24(18)27(37)11-19-6-7-19)26-16-33-30-25(32-15-20-12-29(38)35(2)17-20)14-28(34-36(26)30)39-23-5-3-4-22(31)13-23/h3-5,8-10,13-14,16,19-20,32H,6-7,11-12,15,17H2,1-2H3. The van der Waals surface area contributed by atoms with Gasteiger partial charge in [0, 0.05) is 62.2 Å². The second-order valence-electron chi connectivity index (χ2n) is 10.7. The summed E-state index contributed by atoms with van der Waals surface area (Å²) < 4.78 is 21.5. The molecule has 4 aromatic rings. The first-order chi connectivity index (χ1) is 18.8. The Kier molecular flexibility index (Phi) is 6.50. The molecular formula is C30H30FN5O3. The summed E-state index contributed by atoms with van der Waals surface area (Å²) in [6.45, 7) is 3.21. The summed E-state index contributed by atoms with van der Waals surface area (Å²) in [6.07, 6.45) is 5.12. The number of Topliss-reactive ketones (excluding diaryl/α,β-unsaturated/α-hetero) is 1. The molecule has 2 aromatic carbocycles. The van der Waals surface area contributed by atoms with Gasteiger partial charge in [-0.2, -0.15) is 0 Å². The summed E-state index contributed by atoms with van der Waals surface area (Å²) in [6, 6.07) is 13.4. The molecule has 200 valence electrons. The van der Waals surface area contributed by atoms with E-state index in [0.29, 0.717) is 48.9 Å². The molecule has 2 fully saturated rings. The Balaban J connectivity index is 1.35. The Morgan fingerprint density at radius 3 is 2.72 bits per heavy atom. The molecule has 1 saturated carbocycles. The fourth-order valence-electron chi connectivity index (χ4n) is 5.15. The highest BCUT2D eigenvalue weighted by Gasteiger charge is 2.27. The van der Waals surface area contributed by atoms with Crippen LogP contribution >= 0.6 is 0 Å². The Hall–Kier alpha value is -4.27. The van der Waals surface area contributed by atoms with Crippen LogP contribution in [-0.2, 0) is 4.79 Å². The van der Waals surface area contributed by atoms with E-state index < -0.39 is 5.82 Å². The number of anilines is 1. The van der Waals surface area contributed by atoms with Crippen molar-refractivity contribution in [3.05, 3.63) is 71.7 Å². The Labute approximate surface area is 225 Å². The van der Waals surface area contributed by atoms with E-state index in [2.05, 4.69) is 15.4 Å². The number of hydrogen-bond donors (Lipinski definition) is 1. The molecule has 3 heterocycles. The number of hydrogen-bond acceptors (Lipinski definition) is 6. The van der Waals surface area contributed by atoms with E-state index in [0.717, 1.165) is 35.2 Å². The molecule has 39 heavy (non-hydrogen) atoms. The zero-order valence-corrected chi connectivity index (χ0v) is 22.0. The molecule has 1 unspecified atom stereocenters. The molecule has 1 amide bonds. The van der Waals surface area contributed by atoms with E-state index in [9.17, 15) is 14.0 Å². The first-order valence-corrected chi connectivity index (χ1v) is 13.3. The molecular weight excluding hydrogens is 497 g/mol. The highest BCUT2D eigenvalue weighted by Crippen LogP contribution is 2.35. The minimum atomic E-state index is -0.405. The van der Waals surface area contributed by atoms with E-state index in [1.807, 2.05) is 32.2 Å². The van der Waals surface area contributed by atoms with E-state index in [-0.39, 0.29) is 23.5 Å². The molecule has 1 saturated heterocycles. The number of nitrogens with zero attached hydrogens (tertiary/aromatic N) is 4. The predicted octanol–water partition coefficient (Wildman–Crippen LogP) is 5.51. The average Bonchev–Trinajstić information content (AvgIpc) is 3.51. The van der Waals surface area contributed by atoms with Crippen LogP contribution in [0, 0.1) is 24.6 Å². The van der Waals surface area contributed by atoms with Crippen molar-refractivity contribution < 1.29 is 18.7 Å². The number of nitrogens with one attached hydrogen (secondary N) is 1. The lowest BCUT2D eigenvalue weighted by molar-refractivity contribution is -0.126. The number of carbonyl (C=O) groups is 2. The largest absolute Gasteiger partial charge is 0.437 e. The Morgan fingerprint density at radius 2 is 2.00 bits per heavy atom. The number of ketones is 1. The molecule has 0 radical (unpaired) electrons. The van der Waals surface area contributed by atoms with Crippen LogP contribution in [0.1, 0.15) is 41.6 Å². The van der Waals surface area contributed by atoms with Gasteiger partial charge in [-0.25, -0.2) is 13.9 Å². The minimum absolute atomic E-state index is 0.134. The third-order valence-electron chi connectivity index (χ3n) is 7.46. The van der Waals surface area contributed by atoms with Gasteiger partial charge in [-0.3, -0.25) is 9.59 Å². The van der Waals surface area contributed by atoms with Crippen LogP contribution in [0.4, 0.5) is 10.1 Å². The number of fused-ring (bicyclic) bond motifs is 1. The molecule has 2 aliphatic rings. The van der Waals surface area contributed by atoms with Crippen molar-refractivity contribution in [3.8, 4) is 22.9 Å². The molecule has 9 heteroatoms. The van der Waals surface area contributed by atoms with Gasteiger partial charge in [-0.1, -0.05) is 18.2 Å². The summed E-state index contributed by atoms with van der Waals surface area (Å²) in [4.78, 5) is 31.1. The van der Waals surface area contributed by atoms with E-state index in [1.54, 1.807) is 33.8 Å². The molecule has 1 N–H and O–H groups in total. The van der Waals surface area contributed by atoms with Crippen molar-refractivity contribution in [3.63, 3.8) is 0 Å². The van der Waals surface area contributed by atoms with Gasteiger partial charge >= 0.3 is 0 Å². The first-order valence-electron chi connectivity index (χ1n) is 13.3. The number of aryl methyl sites for hydroxylation is 1. The van der Waals surface area contributed by atoms with Gasteiger partial charge in [0.2, 0.25) is 11.8 Å². The Morgan fingerprint density at radius 1 is 1.15 bits per heavy atom. The molecule has 2 aromatic heterocycles. The van der Waals surface area contributed by atoms with Crippen molar-refractivity contribution in [2.45, 2.75) is 32.6 Å². The van der Waals surface area contributed by atoms with Crippen LogP contribution in [0.5, 0.6) is 11.6 Å². The van der Waals surface area contributed by atoms with Gasteiger partial charge in [0.15, 0.2) is 11.4 Å². The third kappa shape index (κ3) is 5.34. The summed E-state index contributed by atoms with van der Waals surface area (Å²) >= 11 is 0. The SMILES string of the molecule is Cc1cc(-c2cnc3c(NCC4CC(=O)N(C)C4)cc(Oc4cccc(F)c4)nn23)ccc1C(=O)CC1CC1. The molecule has 8 nitrogen and oxygen atoms in total. The second kappa shape index (κ2) is 10.1. The molecule has 1 atom stereocenters.